The van der Waals surface area contributed by atoms with Crippen LogP contribution in [0.3, 0.4) is 0 Å². The van der Waals surface area contributed by atoms with Crippen molar-refractivity contribution in [2.24, 2.45) is 5.41 Å². The third-order valence-corrected chi connectivity index (χ3v) is 5.38. The minimum absolute atomic E-state index is 0.0632. The zero-order valence-corrected chi connectivity index (χ0v) is 15.1. The molecule has 1 aliphatic heterocycles. The van der Waals surface area contributed by atoms with E-state index in [0.29, 0.717) is 6.61 Å². The van der Waals surface area contributed by atoms with Crippen molar-refractivity contribution in [3.05, 3.63) is 36.3 Å². The summed E-state index contributed by atoms with van der Waals surface area (Å²) in [5, 5.41) is 0. The highest BCUT2D eigenvalue weighted by Gasteiger charge is 2.47. The largest absolute Gasteiger partial charge is 0.467 e. The second-order valence-electron chi connectivity index (χ2n) is 7.09. The van der Waals surface area contributed by atoms with E-state index in [1.165, 1.54) is 69.8 Å². The van der Waals surface area contributed by atoms with Crippen LogP contribution in [0.5, 0.6) is 0 Å². The van der Waals surface area contributed by atoms with E-state index in [-0.39, 0.29) is 11.5 Å². The van der Waals surface area contributed by atoms with E-state index in [4.69, 9.17) is 9.15 Å². The molecular weight excluding hydrogens is 284 g/mol. The molecule has 1 unspecified atom stereocenters. The first-order chi connectivity index (χ1) is 11.2. The molecule has 2 heteroatoms. The maximum atomic E-state index is 6.15. The number of unbranched alkanes of at least 4 members (excludes halogenated alkanes) is 6. The van der Waals surface area contributed by atoms with Crippen LogP contribution in [0.1, 0.15) is 89.9 Å². The summed E-state index contributed by atoms with van der Waals surface area (Å²) in [5.74, 6) is 0.981. The average Bonchev–Trinajstić information content (AvgIpc) is 3.18. The van der Waals surface area contributed by atoms with Gasteiger partial charge in [-0.2, -0.15) is 0 Å². The van der Waals surface area contributed by atoms with Gasteiger partial charge in [0.1, 0.15) is 11.9 Å². The Balaban J connectivity index is 2.09. The highest BCUT2D eigenvalue weighted by molar-refractivity contribution is 5.24. The summed E-state index contributed by atoms with van der Waals surface area (Å²) in [7, 11) is 0. The summed E-state index contributed by atoms with van der Waals surface area (Å²) < 4.78 is 11.9. The van der Waals surface area contributed by atoms with Crippen LogP contribution >= 0.6 is 0 Å². The number of hydrogen-bond acceptors (Lipinski definition) is 2. The molecule has 0 radical (unpaired) electrons. The smallest absolute Gasteiger partial charge is 0.133 e. The second kappa shape index (κ2) is 9.32. The van der Waals surface area contributed by atoms with E-state index >= 15 is 0 Å². The molecule has 0 saturated carbocycles. The zero-order chi connectivity index (χ0) is 16.5. The first-order valence-electron chi connectivity index (χ1n) is 9.58. The predicted octanol–water partition coefficient (Wildman–Crippen LogP) is 6.83. The molecule has 23 heavy (non-hydrogen) atoms. The number of furan rings is 1. The van der Waals surface area contributed by atoms with Crippen LogP contribution in [0.2, 0.25) is 0 Å². The minimum atomic E-state index is 0.0632. The van der Waals surface area contributed by atoms with E-state index in [1.54, 1.807) is 6.26 Å². The topological polar surface area (TPSA) is 22.4 Å². The van der Waals surface area contributed by atoms with Gasteiger partial charge in [0.2, 0.25) is 0 Å². The summed E-state index contributed by atoms with van der Waals surface area (Å²) in [4.78, 5) is 0. The molecule has 2 rings (SSSR count). The standard InChI is InChI=1S/C21H34O2/c1-4-6-8-10-14-21(15-11-9-7-5-2)18(3)17-23-20(21)19-13-12-16-22-19/h12-13,16,20H,3-11,14-15,17H2,1-2H3. The fourth-order valence-corrected chi connectivity index (χ4v) is 3.94. The molecule has 0 N–H and O–H groups in total. The van der Waals surface area contributed by atoms with Gasteiger partial charge in [-0.1, -0.05) is 71.8 Å². The molecule has 0 spiro atoms. The summed E-state index contributed by atoms with van der Waals surface area (Å²) in [6.07, 6.45) is 14.6. The SMILES string of the molecule is C=C1COC(c2ccco2)C1(CCCCCC)CCCCCC. The monoisotopic (exact) mass is 318 g/mol. The third-order valence-electron chi connectivity index (χ3n) is 5.38. The maximum absolute atomic E-state index is 6.15. The normalized spacial score (nSPS) is 20.3. The first-order valence-corrected chi connectivity index (χ1v) is 9.58. The van der Waals surface area contributed by atoms with Gasteiger partial charge >= 0.3 is 0 Å². The summed E-state index contributed by atoms with van der Waals surface area (Å²) in [5.41, 5.74) is 1.37. The fourth-order valence-electron chi connectivity index (χ4n) is 3.94. The van der Waals surface area contributed by atoms with Crippen molar-refractivity contribution in [3.8, 4) is 0 Å². The summed E-state index contributed by atoms with van der Waals surface area (Å²) in [6.45, 7) is 9.62. The van der Waals surface area contributed by atoms with Crippen LogP contribution < -0.4 is 0 Å². The Kier molecular flexibility index (Phi) is 7.42. The number of hydrogen-bond donors (Lipinski definition) is 0. The molecule has 1 aromatic heterocycles. The minimum Gasteiger partial charge on any atom is -0.467 e. The lowest BCUT2D eigenvalue weighted by molar-refractivity contribution is 0.0216. The molecule has 1 atom stereocenters. The molecular formula is C21H34O2. The Labute approximate surface area is 142 Å². The highest BCUT2D eigenvalue weighted by atomic mass is 16.5. The number of rotatable bonds is 11. The van der Waals surface area contributed by atoms with E-state index in [0.717, 1.165) is 5.76 Å². The maximum Gasteiger partial charge on any atom is 0.133 e. The van der Waals surface area contributed by atoms with Gasteiger partial charge in [0.25, 0.3) is 0 Å². The fraction of sp³-hybridized carbons (Fsp3) is 0.714. The van der Waals surface area contributed by atoms with Crippen molar-refractivity contribution in [1.29, 1.82) is 0 Å². The molecule has 0 aliphatic carbocycles. The molecule has 0 bridgehead atoms. The molecule has 1 saturated heterocycles. The lowest BCUT2D eigenvalue weighted by atomic mass is 9.69. The van der Waals surface area contributed by atoms with Gasteiger partial charge in [-0.3, -0.25) is 0 Å². The van der Waals surface area contributed by atoms with Gasteiger partial charge in [-0.15, -0.1) is 0 Å². The van der Waals surface area contributed by atoms with Crippen molar-refractivity contribution in [3.63, 3.8) is 0 Å². The first kappa shape index (κ1) is 18.3. The van der Waals surface area contributed by atoms with Crippen LogP contribution in [0.15, 0.2) is 35.0 Å². The van der Waals surface area contributed by atoms with Gasteiger partial charge in [0, 0.05) is 5.41 Å². The average molecular weight is 319 g/mol. The second-order valence-corrected chi connectivity index (χ2v) is 7.09. The Morgan fingerprint density at radius 2 is 1.70 bits per heavy atom. The molecule has 130 valence electrons. The van der Waals surface area contributed by atoms with Gasteiger partial charge in [0.05, 0.1) is 12.9 Å². The Morgan fingerprint density at radius 3 is 2.22 bits per heavy atom. The molecule has 1 aliphatic rings. The van der Waals surface area contributed by atoms with E-state index < -0.39 is 0 Å². The van der Waals surface area contributed by atoms with Crippen LogP contribution in [-0.4, -0.2) is 6.61 Å². The third kappa shape index (κ3) is 4.50. The summed E-state index contributed by atoms with van der Waals surface area (Å²) >= 11 is 0. The van der Waals surface area contributed by atoms with Crippen LogP contribution in [-0.2, 0) is 4.74 Å². The Morgan fingerprint density at radius 1 is 1.04 bits per heavy atom. The van der Waals surface area contributed by atoms with E-state index in [1.807, 2.05) is 6.07 Å². The molecule has 0 aromatic carbocycles. The van der Waals surface area contributed by atoms with Gasteiger partial charge in [-0.25, -0.2) is 0 Å². The molecule has 0 amide bonds. The van der Waals surface area contributed by atoms with Crippen molar-refractivity contribution < 1.29 is 9.15 Å². The molecule has 2 nitrogen and oxygen atoms in total. The van der Waals surface area contributed by atoms with Crippen LogP contribution in [0.25, 0.3) is 0 Å². The van der Waals surface area contributed by atoms with Crippen molar-refractivity contribution in [2.45, 2.75) is 84.2 Å². The van der Waals surface area contributed by atoms with Crippen molar-refractivity contribution in [1.82, 2.24) is 0 Å². The highest BCUT2D eigenvalue weighted by Crippen LogP contribution is 2.54. The van der Waals surface area contributed by atoms with Crippen LogP contribution in [0.4, 0.5) is 0 Å². The quantitative estimate of drug-likeness (QED) is 0.329. The Bertz CT molecular complexity index is 434. The van der Waals surface area contributed by atoms with E-state index in [2.05, 4.69) is 26.5 Å². The molecule has 1 aromatic rings. The molecule has 2 heterocycles. The number of ether oxygens (including phenoxy) is 1. The van der Waals surface area contributed by atoms with Gasteiger partial charge in [0.15, 0.2) is 0 Å². The lowest BCUT2D eigenvalue weighted by Gasteiger charge is -2.34. The Hall–Kier alpha value is -1.02. The van der Waals surface area contributed by atoms with Gasteiger partial charge < -0.3 is 9.15 Å². The van der Waals surface area contributed by atoms with Gasteiger partial charge in [-0.05, 0) is 30.5 Å². The zero-order valence-electron chi connectivity index (χ0n) is 15.1. The van der Waals surface area contributed by atoms with Crippen molar-refractivity contribution in [2.75, 3.05) is 6.61 Å². The van der Waals surface area contributed by atoms with Crippen molar-refractivity contribution >= 4 is 0 Å². The van der Waals surface area contributed by atoms with E-state index in [9.17, 15) is 0 Å². The summed E-state index contributed by atoms with van der Waals surface area (Å²) in [6, 6.07) is 4.04. The van der Waals surface area contributed by atoms with Crippen LogP contribution in [0, 0.1) is 5.41 Å². The predicted molar refractivity (Wildman–Crippen MR) is 96.5 cm³/mol. The molecule has 1 fully saturated rings. The lowest BCUT2D eigenvalue weighted by Crippen LogP contribution is -2.26.